The van der Waals surface area contributed by atoms with E-state index in [4.69, 9.17) is 23.2 Å². The number of nitrogens with one attached hydrogen (secondary N) is 1. The van der Waals surface area contributed by atoms with Crippen molar-refractivity contribution in [2.45, 2.75) is 11.8 Å². The zero-order valence-electron chi connectivity index (χ0n) is 17.6. The van der Waals surface area contributed by atoms with Gasteiger partial charge in [0.15, 0.2) is 5.78 Å². The minimum atomic E-state index is -4.15. The van der Waals surface area contributed by atoms with Crippen LogP contribution in [0.5, 0.6) is 0 Å². The molecule has 9 heteroatoms. The first-order chi connectivity index (χ1) is 16.1. The van der Waals surface area contributed by atoms with E-state index in [1.54, 1.807) is 30.3 Å². The van der Waals surface area contributed by atoms with Crippen molar-refractivity contribution in [2.24, 2.45) is 0 Å². The third-order valence-corrected chi connectivity index (χ3v) is 7.26. The number of carbonyl (C=O) groups excluding carboxylic acids is 1. The number of anilines is 1. The predicted molar refractivity (Wildman–Crippen MR) is 131 cm³/mol. The van der Waals surface area contributed by atoms with Crippen molar-refractivity contribution >= 4 is 55.5 Å². The van der Waals surface area contributed by atoms with E-state index in [1.807, 2.05) is 13.0 Å². The van der Waals surface area contributed by atoms with Gasteiger partial charge in [-0.25, -0.2) is 12.8 Å². The number of ketones is 1. The maximum atomic E-state index is 13.9. The number of hydrogen-bond donors (Lipinski definition) is 1. The van der Waals surface area contributed by atoms with Gasteiger partial charge < -0.3 is 0 Å². The van der Waals surface area contributed by atoms with Crippen molar-refractivity contribution in [2.75, 3.05) is 4.72 Å². The Labute approximate surface area is 205 Å². The third kappa shape index (κ3) is 4.36. The van der Waals surface area contributed by atoms with Crippen LogP contribution < -0.4 is 4.72 Å². The van der Waals surface area contributed by atoms with Gasteiger partial charge in [0.25, 0.3) is 10.0 Å². The van der Waals surface area contributed by atoms with Crippen molar-refractivity contribution in [3.63, 3.8) is 0 Å². The summed E-state index contributed by atoms with van der Waals surface area (Å²) in [4.78, 5) is 13.5. The molecule has 4 aromatic carbocycles. The maximum Gasteiger partial charge on any atom is 0.261 e. The Morgan fingerprint density at radius 3 is 2.35 bits per heavy atom. The van der Waals surface area contributed by atoms with E-state index in [-0.39, 0.29) is 37.3 Å². The van der Waals surface area contributed by atoms with Crippen molar-refractivity contribution < 1.29 is 17.6 Å². The smallest absolute Gasteiger partial charge is 0.261 e. The van der Waals surface area contributed by atoms with Crippen LogP contribution >= 0.6 is 23.2 Å². The summed E-state index contributed by atoms with van der Waals surface area (Å²) in [5.74, 6) is -1.53. The second-order valence-corrected chi connectivity index (χ2v) is 9.99. The average molecular weight is 513 g/mol. The number of aryl methyl sites for hydroxylation is 1. The molecule has 0 radical (unpaired) electrons. The maximum absolute atomic E-state index is 13.9. The lowest BCUT2D eigenvalue weighted by atomic mass is 9.92. The lowest BCUT2D eigenvalue weighted by Crippen LogP contribution is -2.17. The molecule has 0 unspecified atom stereocenters. The van der Waals surface area contributed by atoms with Gasteiger partial charge in [0.05, 0.1) is 26.7 Å². The highest BCUT2D eigenvalue weighted by Gasteiger charge is 2.27. The topological polar surface area (TPSA) is 87.0 Å². The van der Waals surface area contributed by atoms with Crippen LogP contribution in [0.25, 0.3) is 10.8 Å². The summed E-state index contributed by atoms with van der Waals surface area (Å²) in [6, 6.07) is 17.5. The molecule has 0 aliphatic rings. The summed E-state index contributed by atoms with van der Waals surface area (Å²) in [6.07, 6.45) is 0. The van der Waals surface area contributed by atoms with Crippen molar-refractivity contribution in [1.82, 2.24) is 0 Å². The SMILES string of the molecule is Cc1ccc(S(=O)(=O)Nc2cc3c(Cl)cccc3c(C#N)c2C(=O)c2cc(F)ccc2Cl)cc1. The van der Waals surface area contributed by atoms with Crippen LogP contribution in [0.4, 0.5) is 10.1 Å². The second-order valence-electron chi connectivity index (χ2n) is 7.49. The van der Waals surface area contributed by atoms with Crippen molar-refractivity contribution in [3.8, 4) is 6.07 Å². The summed E-state index contributed by atoms with van der Waals surface area (Å²) >= 11 is 12.5. The van der Waals surface area contributed by atoms with Crippen LogP contribution in [-0.2, 0) is 10.0 Å². The molecule has 170 valence electrons. The second kappa shape index (κ2) is 9.07. The highest BCUT2D eigenvalue weighted by Crippen LogP contribution is 2.36. The van der Waals surface area contributed by atoms with Gasteiger partial charge in [-0.1, -0.05) is 53.0 Å². The molecule has 0 atom stereocenters. The number of benzene rings is 4. The zero-order chi connectivity index (χ0) is 24.6. The molecule has 0 aliphatic heterocycles. The van der Waals surface area contributed by atoms with Gasteiger partial charge in [-0.15, -0.1) is 0 Å². The molecule has 0 saturated heterocycles. The van der Waals surface area contributed by atoms with Gasteiger partial charge in [0.1, 0.15) is 11.9 Å². The van der Waals surface area contributed by atoms with Gasteiger partial charge in [0.2, 0.25) is 0 Å². The van der Waals surface area contributed by atoms with Crippen LogP contribution in [0.2, 0.25) is 10.0 Å². The van der Waals surface area contributed by atoms with Crippen LogP contribution in [0, 0.1) is 24.1 Å². The highest BCUT2D eigenvalue weighted by atomic mass is 35.5. The predicted octanol–water partition coefficient (Wildman–Crippen LogP) is 6.50. The molecule has 0 spiro atoms. The first-order valence-electron chi connectivity index (χ1n) is 9.87. The molecule has 0 amide bonds. The Morgan fingerprint density at radius 2 is 1.68 bits per heavy atom. The number of fused-ring (bicyclic) bond motifs is 1. The number of hydrogen-bond acceptors (Lipinski definition) is 4. The van der Waals surface area contributed by atoms with E-state index >= 15 is 0 Å². The summed E-state index contributed by atoms with van der Waals surface area (Å²) in [5, 5.41) is 10.9. The molecule has 34 heavy (non-hydrogen) atoms. The van der Waals surface area contributed by atoms with E-state index < -0.39 is 21.6 Å². The van der Waals surface area contributed by atoms with E-state index in [1.165, 1.54) is 24.3 Å². The third-order valence-electron chi connectivity index (χ3n) is 5.22. The Kier molecular flexibility index (Phi) is 6.32. The number of carbonyl (C=O) groups is 1. The molecular weight excluding hydrogens is 498 g/mol. The Morgan fingerprint density at radius 1 is 0.971 bits per heavy atom. The zero-order valence-corrected chi connectivity index (χ0v) is 19.9. The molecule has 0 fully saturated rings. The van der Waals surface area contributed by atoms with Crippen LogP contribution in [0.15, 0.2) is 71.6 Å². The molecule has 4 aromatic rings. The van der Waals surface area contributed by atoms with Crippen LogP contribution in [0.3, 0.4) is 0 Å². The summed E-state index contributed by atoms with van der Waals surface area (Å²) < 4.78 is 42.6. The molecule has 5 nitrogen and oxygen atoms in total. The normalized spacial score (nSPS) is 11.3. The lowest BCUT2D eigenvalue weighted by molar-refractivity contribution is 0.103. The minimum Gasteiger partial charge on any atom is -0.288 e. The summed E-state index contributed by atoms with van der Waals surface area (Å²) in [7, 11) is -4.15. The first kappa shape index (κ1) is 23.7. The van der Waals surface area contributed by atoms with Gasteiger partial charge in [0, 0.05) is 21.4 Å². The van der Waals surface area contributed by atoms with E-state index in [9.17, 15) is 22.9 Å². The van der Waals surface area contributed by atoms with Crippen LogP contribution in [0.1, 0.15) is 27.0 Å². The Bertz CT molecular complexity index is 1610. The van der Waals surface area contributed by atoms with Gasteiger partial charge >= 0.3 is 0 Å². The Balaban J connectivity index is 2.01. The minimum absolute atomic E-state index is 0.0435. The lowest BCUT2D eigenvalue weighted by Gasteiger charge is -2.17. The van der Waals surface area contributed by atoms with Crippen molar-refractivity contribution in [3.05, 3.63) is 105 Å². The standard InChI is InChI=1S/C25H15Cl2FN2O3S/c1-14-5-8-16(9-6-14)34(32,33)30-23-12-18-17(3-2-4-21(18)26)20(13-29)24(23)25(31)19-11-15(28)7-10-22(19)27/h2-12,30H,1H3. The molecular formula is C25H15Cl2FN2O3S. The quantitative estimate of drug-likeness (QED) is 0.309. The molecule has 4 rings (SSSR count). The fraction of sp³-hybridized carbons (Fsp3) is 0.0400. The number of nitrogens with zero attached hydrogens (tertiary/aromatic N) is 1. The molecule has 0 saturated carbocycles. The summed E-state index contributed by atoms with van der Waals surface area (Å²) in [6.45, 7) is 1.81. The largest absolute Gasteiger partial charge is 0.288 e. The van der Waals surface area contributed by atoms with Gasteiger partial charge in [-0.05, 0) is 49.4 Å². The molecule has 1 N–H and O–H groups in total. The molecule has 0 heterocycles. The monoisotopic (exact) mass is 512 g/mol. The van der Waals surface area contributed by atoms with E-state index in [0.717, 1.165) is 17.7 Å². The molecule has 0 bridgehead atoms. The van der Waals surface area contributed by atoms with Crippen molar-refractivity contribution in [1.29, 1.82) is 5.26 Å². The number of sulfonamides is 1. The Hall–Kier alpha value is -3.44. The summed E-state index contributed by atoms with van der Waals surface area (Å²) in [5.41, 5.74) is 0.0885. The number of halogens is 3. The number of nitriles is 1. The average Bonchev–Trinajstić information content (AvgIpc) is 2.80. The van der Waals surface area contributed by atoms with E-state index in [2.05, 4.69) is 4.72 Å². The van der Waals surface area contributed by atoms with Gasteiger partial charge in [-0.2, -0.15) is 5.26 Å². The van der Waals surface area contributed by atoms with Gasteiger partial charge in [-0.3, -0.25) is 9.52 Å². The fourth-order valence-corrected chi connectivity index (χ4v) is 5.04. The highest BCUT2D eigenvalue weighted by molar-refractivity contribution is 7.92. The fourth-order valence-electron chi connectivity index (χ4n) is 3.55. The first-order valence-corrected chi connectivity index (χ1v) is 12.1. The van der Waals surface area contributed by atoms with Crippen LogP contribution in [-0.4, -0.2) is 14.2 Å². The number of rotatable bonds is 5. The van der Waals surface area contributed by atoms with E-state index in [0.29, 0.717) is 10.8 Å². The molecule has 0 aliphatic carbocycles. The molecule has 0 aromatic heterocycles.